The van der Waals surface area contributed by atoms with Crippen molar-refractivity contribution in [3.05, 3.63) is 100 Å². The molecule has 5 heteroatoms. The molecule has 176 valence electrons. The Morgan fingerprint density at radius 2 is 1.79 bits per heavy atom. The van der Waals surface area contributed by atoms with Crippen LogP contribution < -0.4 is 10.1 Å². The van der Waals surface area contributed by atoms with Gasteiger partial charge in [0.25, 0.3) is 5.91 Å². The van der Waals surface area contributed by atoms with Gasteiger partial charge >= 0.3 is 0 Å². The third kappa shape index (κ3) is 5.48. The lowest BCUT2D eigenvalue weighted by Crippen LogP contribution is -2.40. The molecule has 0 bridgehead atoms. The molecule has 34 heavy (non-hydrogen) atoms. The van der Waals surface area contributed by atoms with Gasteiger partial charge in [0.05, 0.1) is 6.04 Å². The highest BCUT2D eigenvalue weighted by Crippen LogP contribution is 2.37. The Labute approximate surface area is 201 Å². The van der Waals surface area contributed by atoms with Crippen LogP contribution in [0.2, 0.25) is 0 Å². The maximum atomic E-state index is 12.8. The molecule has 0 unspecified atom stereocenters. The van der Waals surface area contributed by atoms with E-state index in [0.29, 0.717) is 25.3 Å². The van der Waals surface area contributed by atoms with Crippen molar-refractivity contribution in [2.45, 2.75) is 46.2 Å². The highest BCUT2D eigenvalue weighted by molar-refractivity contribution is 5.78. The van der Waals surface area contributed by atoms with E-state index in [-0.39, 0.29) is 24.5 Å². The number of amides is 2. The molecular formula is C29H32N2O3. The molecule has 0 saturated heterocycles. The van der Waals surface area contributed by atoms with Crippen molar-refractivity contribution < 1.29 is 14.3 Å². The van der Waals surface area contributed by atoms with Crippen LogP contribution in [0, 0.1) is 13.8 Å². The first kappa shape index (κ1) is 23.6. The molecule has 0 aliphatic carbocycles. The largest absolute Gasteiger partial charge is 0.484 e. The minimum atomic E-state index is -0.169. The molecule has 3 aromatic carbocycles. The van der Waals surface area contributed by atoms with Crippen molar-refractivity contribution in [1.82, 2.24) is 10.2 Å². The number of carbonyl (C=O) groups excluding carboxylic acids is 2. The van der Waals surface area contributed by atoms with Crippen LogP contribution in [-0.2, 0) is 22.6 Å². The lowest BCUT2D eigenvalue weighted by atomic mass is 9.87. The fraction of sp³-hybridized carbons (Fsp3) is 0.310. The highest BCUT2D eigenvalue weighted by atomic mass is 16.5. The van der Waals surface area contributed by atoms with Gasteiger partial charge in [-0.15, -0.1) is 0 Å². The molecule has 1 N–H and O–H groups in total. The standard InChI is InChI=1S/C29H32N2O3/c1-4-28(33)31-15-14-23-12-13-25(17-26(23)29(31)24-10-8-20(2)9-11-24)34-19-27(32)30-18-22-7-5-6-21(3)16-22/h5-13,16-17,29H,4,14-15,18-19H2,1-3H3,(H,30,32)/t29-/m1/s1. The summed E-state index contributed by atoms with van der Waals surface area (Å²) in [5.74, 6) is 0.600. The zero-order valence-electron chi connectivity index (χ0n) is 20.1. The molecule has 1 aliphatic rings. The van der Waals surface area contributed by atoms with Gasteiger partial charge in [-0.1, -0.05) is 72.6 Å². The molecular weight excluding hydrogens is 424 g/mol. The van der Waals surface area contributed by atoms with Gasteiger partial charge in [0.15, 0.2) is 6.61 Å². The molecule has 0 spiro atoms. The number of rotatable bonds is 7. The number of ether oxygens (including phenoxy) is 1. The number of nitrogens with one attached hydrogen (secondary N) is 1. The molecule has 0 saturated carbocycles. The number of carbonyl (C=O) groups is 2. The summed E-state index contributed by atoms with van der Waals surface area (Å²) in [6.45, 7) is 7.10. The quantitative estimate of drug-likeness (QED) is 0.551. The van der Waals surface area contributed by atoms with Crippen molar-refractivity contribution >= 4 is 11.8 Å². The minimum absolute atomic E-state index is 0.0581. The van der Waals surface area contributed by atoms with Gasteiger partial charge in [-0.2, -0.15) is 0 Å². The lowest BCUT2D eigenvalue weighted by molar-refractivity contribution is -0.133. The number of aryl methyl sites for hydroxylation is 2. The zero-order chi connectivity index (χ0) is 24.1. The zero-order valence-corrected chi connectivity index (χ0v) is 20.1. The van der Waals surface area contributed by atoms with Crippen molar-refractivity contribution in [2.24, 2.45) is 0 Å². The third-order valence-corrected chi connectivity index (χ3v) is 6.30. The van der Waals surface area contributed by atoms with Gasteiger partial charge in [-0.05, 0) is 54.7 Å². The summed E-state index contributed by atoms with van der Waals surface area (Å²) >= 11 is 0. The van der Waals surface area contributed by atoms with Gasteiger partial charge < -0.3 is 15.0 Å². The van der Waals surface area contributed by atoms with E-state index in [2.05, 4.69) is 48.6 Å². The van der Waals surface area contributed by atoms with Crippen LogP contribution >= 0.6 is 0 Å². The minimum Gasteiger partial charge on any atom is -0.484 e. The highest BCUT2D eigenvalue weighted by Gasteiger charge is 2.31. The van der Waals surface area contributed by atoms with E-state index < -0.39 is 0 Å². The van der Waals surface area contributed by atoms with E-state index in [9.17, 15) is 9.59 Å². The van der Waals surface area contributed by atoms with Gasteiger partial charge in [-0.3, -0.25) is 9.59 Å². The predicted molar refractivity (Wildman–Crippen MR) is 134 cm³/mol. The Morgan fingerprint density at radius 1 is 1.00 bits per heavy atom. The first-order valence-electron chi connectivity index (χ1n) is 11.9. The van der Waals surface area contributed by atoms with Crippen LogP contribution in [0.3, 0.4) is 0 Å². The Morgan fingerprint density at radius 3 is 2.53 bits per heavy atom. The first-order valence-corrected chi connectivity index (χ1v) is 11.9. The van der Waals surface area contributed by atoms with Crippen LogP contribution in [0.5, 0.6) is 5.75 Å². The Bertz CT molecular complexity index is 1170. The van der Waals surface area contributed by atoms with Gasteiger partial charge in [0.1, 0.15) is 5.75 Å². The first-order chi connectivity index (χ1) is 16.4. The van der Waals surface area contributed by atoms with Crippen molar-refractivity contribution in [3.8, 4) is 5.75 Å². The Kier molecular flexibility index (Phi) is 7.31. The molecule has 2 amide bonds. The molecule has 5 nitrogen and oxygen atoms in total. The number of hydrogen-bond donors (Lipinski definition) is 1. The summed E-state index contributed by atoms with van der Waals surface area (Å²) in [5.41, 5.74) is 6.76. The fourth-order valence-electron chi connectivity index (χ4n) is 4.49. The third-order valence-electron chi connectivity index (χ3n) is 6.30. The summed E-state index contributed by atoms with van der Waals surface area (Å²) < 4.78 is 5.86. The van der Waals surface area contributed by atoms with E-state index in [1.165, 1.54) is 11.1 Å². The molecule has 0 aromatic heterocycles. The summed E-state index contributed by atoms with van der Waals surface area (Å²) in [6.07, 6.45) is 1.27. The van der Waals surface area contributed by atoms with Crippen molar-refractivity contribution in [3.63, 3.8) is 0 Å². The van der Waals surface area contributed by atoms with E-state index in [4.69, 9.17) is 4.74 Å². The summed E-state index contributed by atoms with van der Waals surface area (Å²) in [7, 11) is 0. The molecule has 4 rings (SSSR count). The fourth-order valence-corrected chi connectivity index (χ4v) is 4.49. The smallest absolute Gasteiger partial charge is 0.258 e. The van der Waals surface area contributed by atoms with E-state index in [1.807, 2.05) is 49.1 Å². The van der Waals surface area contributed by atoms with Crippen LogP contribution in [0.25, 0.3) is 0 Å². The number of hydrogen-bond acceptors (Lipinski definition) is 3. The van der Waals surface area contributed by atoms with Crippen LogP contribution in [0.4, 0.5) is 0 Å². The average Bonchev–Trinajstić information content (AvgIpc) is 2.85. The number of fused-ring (bicyclic) bond motifs is 1. The maximum Gasteiger partial charge on any atom is 0.258 e. The summed E-state index contributed by atoms with van der Waals surface area (Å²) in [6, 6.07) is 22.2. The lowest BCUT2D eigenvalue weighted by Gasteiger charge is -2.38. The van der Waals surface area contributed by atoms with E-state index >= 15 is 0 Å². The Hall–Kier alpha value is -3.60. The maximum absolute atomic E-state index is 12.8. The van der Waals surface area contributed by atoms with Crippen LogP contribution in [-0.4, -0.2) is 29.9 Å². The monoisotopic (exact) mass is 456 g/mol. The molecule has 0 fully saturated rings. The summed E-state index contributed by atoms with van der Waals surface area (Å²) in [5, 5.41) is 2.91. The SMILES string of the molecule is CCC(=O)N1CCc2ccc(OCC(=O)NCc3cccc(C)c3)cc2[C@H]1c1ccc(C)cc1. The number of nitrogens with zero attached hydrogens (tertiary/aromatic N) is 1. The van der Waals surface area contributed by atoms with Crippen molar-refractivity contribution in [2.75, 3.05) is 13.2 Å². The normalized spacial score (nSPS) is 14.9. The average molecular weight is 457 g/mol. The second kappa shape index (κ2) is 10.6. The van der Waals surface area contributed by atoms with Crippen LogP contribution in [0.1, 0.15) is 52.8 Å². The van der Waals surface area contributed by atoms with Gasteiger partial charge in [-0.25, -0.2) is 0 Å². The molecule has 1 aliphatic heterocycles. The molecule has 3 aromatic rings. The molecule has 0 radical (unpaired) electrons. The number of benzene rings is 3. The van der Waals surface area contributed by atoms with E-state index in [0.717, 1.165) is 28.7 Å². The second-order valence-corrected chi connectivity index (χ2v) is 8.92. The second-order valence-electron chi connectivity index (χ2n) is 8.92. The topological polar surface area (TPSA) is 58.6 Å². The van der Waals surface area contributed by atoms with Crippen LogP contribution in [0.15, 0.2) is 66.7 Å². The van der Waals surface area contributed by atoms with Gasteiger partial charge in [0.2, 0.25) is 5.91 Å². The van der Waals surface area contributed by atoms with Gasteiger partial charge in [0, 0.05) is 19.5 Å². The van der Waals surface area contributed by atoms with Crippen molar-refractivity contribution in [1.29, 1.82) is 0 Å². The van der Waals surface area contributed by atoms with E-state index in [1.54, 1.807) is 0 Å². The molecule has 1 atom stereocenters. The predicted octanol–water partition coefficient (Wildman–Crippen LogP) is 4.88. The molecule has 1 heterocycles. The Balaban J connectivity index is 1.50. The summed E-state index contributed by atoms with van der Waals surface area (Å²) in [4.78, 5) is 27.1.